The van der Waals surface area contributed by atoms with Crippen LogP contribution in [-0.2, 0) is 11.3 Å². The minimum absolute atomic E-state index is 0.185. The van der Waals surface area contributed by atoms with Gasteiger partial charge in [-0.1, -0.05) is 0 Å². The van der Waals surface area contributed by atoms with Crippen LogP contribution >= 0.6 is 22.7 Å². The number of aryl methyl sites for hydroxylation is 1. The standard InChI is InChI=1S/C14H13NO3S2/c1-9-7-19-8-11(9)6-15-14(18)13-10(4-5-20-13)2-3-12(16)17/h2-5,7-8H,6H2,1H3,(H,15,18)(H,16,17)/b3-2+. The summed E-state index contributed by atoms with van der Waals surface area (Å²) in [6, 6.07) is 1.73. The zero-order valence-electron chi connectivity index (χ0n) is 10.8. The van der Waals surface area contributed by atoms with Gasteiger partial charge in [0, 0.05) is 12.6 Å². The topological polar surface area (TPSA) is 66.4 Å². The molecular formula is C14H13NO3S2. The van der Waals surface area contributed by atoms with Crippen molar-refractivity contribution < 1.29 is 14.7 Å². The molecule has 2 aromatic rings. The highest BCUT2D eigenvalue weighted by atomic mass is 32.1. The third-order valence-electron chi connectivity index (χ3n) is 2.71. The van der Waals surface area contributed by atoms with Crippen LogP contribution in [0.15, 0.2) is 28.3 Å². The number of aliphatic carboxylic acids is 1. The van der Waals surface area contributed by atoms with Gasteiger partial charge in [0.05, 0.1) is 4.88 Å². The fourth-order valence-electron chi connectivity index (χ4n) is 1.62. The fourth-order valence-corrected chi connectivity index (χ4v) is 3.28. The van der Waals surface area contributed by atoms with Crippen LogP contribution in [0.3, 0.4) is 0 Å². The van der Waals surface area contributed by atoms with Gasteiger partial charge in [-0.15, -0.1) is 11.3 Å². The van der Waals surface area contributed by atoms with E-state index in [1.807, 2.05) is 17.7 Å². The SMILES string of the molecule is Cc1cscc1CNC(=O)c1sccc1/C=C/C(=O)O. The summed E-state index contributed by atoms with van der Waals surface area (Å²) in [5.74, 6) is -1.22. The van der Waals surface area contributed by atoms with Crippen molar-refractivity contribution in [1.29, 1.82) is 0 Å². The molecule has 2 N–H and O–H groups in total. The molecule has 0 fully saturated rings. The number of hydrogen-bond acceptors (Lipinski definition) is 4. The summed E-state index contributed by atoms with van der Waals surface area (Å²) in [5.41, 5.74) is 2.88. The molecular weight excluding hydrogens is 294 g/mol. The largest absolute Gasteiger partial charge is 0.478 e. The number of amides is 1. The molecule has 0 bridgehead atoms. The van der Waals surface area contributed by atoms with Gasteiger partial charge in [0.15, 0.2) is 0 Å². The molecule has 0 radical (unpaired) electrons. The monoisotopic (exact) mass is 307 g/mol. The van der Waals surface area contributed by atoms with E-state index in [1.165, 1.54) is 17.4 Å². The number of carboxylic acid groups (broad SMARTS) is 1. The lowest BCUT2D eigenvalue weighted by atomic mass is 10.2. The van der Waals surface area contributed by atoms with Crippen LogP contribution in [0.1, 0.15) is 26.4 Å². The molecule has 0 aliphatic heterocycles. The molecule has 20 heavy (non-hydrogen) atoms. The first-order valence-corrected chi connectivity index (χ1v) is 7.68. The number of carboxylic acids is 1. The lowest BCUT2D eigenvalue weighted by molar-refractivity contribution is -0.131. The highest BCUT2D eigenvalue weighted by Gasteiger charge is 2.12. The zero-order chi connectivity index (χ0) is 14.5. The minimum atomic E-state index is -1.03. The molecule has 0 aliphatic carbocycles. The number of thiophene rings is 2. The quantitative estimate of drug-likeness (QED) is 0.834. The predicted molar refractivity (Wildman–Crippen MR) is 81.2 cm³/mol. The molecule has 0 unspecified atom stereocenters. The van der Waals surface area contributed by atoms with E-state index >= 15 is 0 Å². The van der Waals surface area contributed by atoms with Crippen LogP contribution < -0.4 is 5.32 Å². The van der Waals surface area contributed by atoms with Crippen LogP contribution in [-0.4, -0.2) is 17.0 Å². The van der Waals surface area contributed by atoms with Crippen LogP contribution in [0.25, 0.3) is 6.08 Å². The second kappa shape index (κ2) is 6.49. The number of rotatable bonds is 5. The molecule has 0 saturated heterocycles. The summed E-state index contributed by atoms with van der Waals surface area (Å²) in [7, 11) is 0. The van der Waals surface area contributed by atoms with Crippen LogP contribution in [0.4, 0.5) is 0 Å². The number of nitrogens with one attached hydrogen (secondary N) is 1. The maximum absolute atomic E-state index is 12.1. The van der Waals surface area contributed by atoms with Crippen molar-refractivity contribution in [2.45, 2.75) is 13.5 Å². The van der Waals surface area contributed by atoms with Crippen LogP contribution in [0.5, 0.6) is 0 Å². The van der Waals surface area contributed by atoms with E-state index in [2.05, 4.69) is 5.32 Å². The zero-order valence-corrected chi connectivity index (χ0v) is 12.4. The Morgan fingerprint density at radius 1 is 1.40 bits per heavy atom. The highest BCUT2D eigenvalue weighted by Crippen LogP contribution is 2.19. The maximum Gasteiger partial charge on any atom is 0.328 e. The third kappa shape index (κ3) is 3.55. The van der Waals surface area contributed by atoms with Gasteiger partial charge in [0.1, 0.15) is 0 Å². The molecule has 0 aromatic carbocycles. The summed E-state index contributed by atoms with van der Waals surface area (Å²) in [6.07, 6.45) is 2.46. The van der Waals surface area contributed by atoms with Gasteiger partial charge in [-0.25, -0.2) is 4.79 Å². The van der Waals surface area contributed by atoms with Crippen molar-refractivity contribution in [3.05, 3.63) is 49.9 Å². The fraction of sp³-hybridized carbons (Fsp3) is 0.143. The summed E-state index contributed by atoms with van der Waals surface area (Å²) in [5, 5.41) is 17.3. The van der Waals surface area contributed by atoms with Crippen molar-refractivity contribution in [3.63, 3.8) is 0 Å². The molecule has 0 atom stereocenters. The Morgan fingerprint density at radius 2 is 2.20 bits per heavy atom. The van der Waals surface area contributed by atoms with E-state index in [4.69, 9.17) is 5.11 Å². The van der Waals surface area contributed by atoms with Crippen molar-refractivity contribution in [2.75, 3.05) is 0 Å². The van der Waals surface area contributed by atoms with Gasteiger partial charge in [-0.2, -0.15) is 11.3 Å². The molecule has 2 aromatic heterocycles. The number of carbonyl (C=O) groups excluding carboxylic acids is 1. The third-order valence-corrected chi connectivity index (χ3v) is 4.55. The Balaban J connectivity index is 2.05. The van der Waals surface area contributed by atoms with Crippen LogP contribution in [0.2, 0.25) is 0 Å². The smallest absolute Gasteiger partial charge is 0.328 e. The van der Waals surface area contributed by atoms with E-state index in [9.17, 15) is 9.59 Å². The molecule has 6 heteroatoms. The van der Waals surface area contributed by atoms with E-state index < -0.39 is 5.97 Å². The van der Waals surface area contributed by atoms with Gasteiger partial charge in [-0.3, -0.25) is 4.79 Å². The van der Waals surface area contributed by atoms with E-state index in [0.29, 0.717) is 17.0 Å². The molecule has 1 amide bonds. The van der Waals surface area contributed by atoms with Crippen molar-refractivity contribution in [3.8, 4) is 0 Å². The lowest BCUT2D eigenvalue weighted by Gasteiger charge is -2.04. The van der Waals surface area contributed by atoms with Gasteiger partial charge in [-0.05, 0) is 51.9 Å². The molecule has 0 saturated carbocycles. The first-order chi connectivity index (χ1) is 9.58. The molecule has 2 heterocycles. The molecule has 0 spiro atoms. The van der Waals surface area contributed by atoms with Gasteiger partial charge in [0.2, 0.25) is 0 Å². The Labute approximate surface area is 124 Å². The molecule has 0 aliphatic rings. The number of hydrogen-bond donors (Lipinski definition) is 2. The highest BCUT2D eigenvalue weighted by molar-refractivity contribution is 7.12. The normalized spacial score (nSPS) is 10.8. The molecule has 104 valence electrons. The Morgan fingerprint density at radius 3 is 2.85 bits per heavy atom. The van der Waals surface area contributed by atoms with E-state index in [-0.39, 0.29) is 5.91 Å². The Hall–Kier alpha value is -1.92. The summed E-state index contributed by atoms with van der Waals surface area (Å²) in [4.78, 5) is 23.1. The Kier molecular flexibility index (Phi) is 4.70. The van der Waals surface area contributed by atoms with Crippen molar-refractivity contribution in [2.24, 2.45) is 0 Å². The average Bonchev–Trinajstić information content (AvgIpc) is 3.02. The molecule has 4 nitrogen and oxygen atoms in total. The molecule has 2 rings (SSSR count). The van der Waals surface area contributed by atoms with Crippen molar-refractivity contribution >= 4 is 40.6 Å². The second-order valence-electron chi connectivity index (χ2n) is 4.14. The van der Waals surface area contributed by atoms with Gasteiger partial charge < -0.3 is 10.4 Å². The Bertz CT molecular complexity index is 655. The lowest BCUT2D eigenvalue weighted by Crippen LogP contribution is -2.22. The minimum Gasteiger partial charge on any atom is -0.478 e. The van der Waals surface area contributed by atoms with E-state index in [0.717, 1.165) is 17.2 Å². The number of carbonyl (C=O) groups is 2. The first-order valence-electron chi connectivity index (χ1n) is 5.86. The van der Waals surface area contributed by atoms with Crippen molar-refractivity contribution in [1.82, 2.24) is 5.32 Å². The second-order valence-corrected chi connectivity index (χ2v) is 5.80. The van der Waals surface area contributed by atoms with Gasteiger partial charge in [0.25, 0.3) is 5.91 Å². The predicted octanol–water partition coefficient (Wildman–Crippen LogP) is 3.15. The summed E-state index contributed by atoms with van der Waals surface area (Å²) >= 11 is 2.90. The maximum atomic E-state index is 12.1. The van der Waals surface area contributed by atoms with Crippen LogP contribution in [0, 0.1) is 6.92 Å². The first kappa shape index (κ1) is 14.5. The summed E-state index contributed by atoms with van der Waals surface area (Å²) in [6.45, 7) is 2.48. The summed E-state index contributed by atoms with van der Waals surface area (Å²) < 4.78 is 0. The van der Waals surface area contributed by atoms with E-state index in [1.54, 1.807) is 22.8 Å². The average molecular weight is 307 g/mol. The van der Waals surface area contributed by atoms with Gasteiger partial charge >= 0.3 is 5.97 Å².